The summed E-state index contributed by atoms with van der Waals surface area (Å²) < 4.78 is 1.31. The van der Waals surface area contributed by atoms with E-state index in [1.54, 1.807) is 0 Å². The van der Waals surface area contributed by atoms with Crippen molar-refractivity contribution in [2.45, 2.75) is 19.4 Å². The minimum atomic E-state index is 0.475. The molecule has 0 amide bonds. The lowest BCUT2D eigenvalue weighted by atomic mass is 10.1. The largest absolute Gasteiger partial charge is 0.310 e. The second kappa shape index (κ2) is 6.26. The molecule has 1 N–H and O–H groups in total. The Morgan fingerprint density at radius 2 is 2.19 bits per heavy atom. The molecule has 1 aromatic rings. The van der Waals surface area contributed by atoms with Gasteiger partial charge in [0.15, 0.2) is 0 Å². The second-order valence-electron chi connectivity index (χ2n) is 4.41. The Balaban J connectivity index is 1.82. The summed E-state index contributed by atoms with van der Waals surface area (Å²) in [6.07, 6.45) is 1.39. The van der Waals surface area contributed by atoms with Gasteiger partial charge in [0.1, 0.15) is 0 Å². The van der Waals surface area contributed by atoms with Gasteiger partial charge in [0.2, 0.25) is 0 Å². The van der Waals surface area contributed by atoms with Crippen molar-refractivity contribution in [3.63, 3.8) is 0 Å². The number of halogens is 1. The number of rotatable bonds is 4. The minimum Gasteiger partial charge on any atom is -0.310 e. The lowest BCUT2D eigenvalue weighted by Crippen LogP contribution is -2.25. The second-order valence-corrected chi connectivity index (χ2v) is 6.81. The van der Waals surface area contributed by atoms with Gasteiger partial charge in [-0.25, -0.2) is 0 Å². The van der Waals surface area contributed by atoms with E-state index in [1.807, 2.05) is 0 Å². The van der Waals surface area contributed by atoms with Crippen LogP contribution in [0.15, 0.2) is 24.3 Å². The molecule has 1 nitrogen and oxygen atoms in total. The predicted octanol–water partition coefficient (Wildman–Crippen LogP) is 3.69. The van der Waals surface area contributed by atoms with Gasteiger partial charge in [0.25, 0.3) is 0 Å². The van der Waals surface area contributed by atoms with Gasteiger partial charge in [-0.2, -0.15) is 11.8 Å². The number of hydrogen-bond donors (Lipinski definition) is 1. The summed E-state index contributed by atoms with van der Waals surface area (Å²) in [6, 6.07) is 9.28. The summed E-state index contributed by atoms with van der Waals surface area (Å²) in [5, 5.41) is 3.64. The Hall–Kier alpha value is 0.260. The maximum atomic E-state index is 3.64. The molecule has 0 aromatic heterocycles. The average Bonchev–Trinajstić information content (AvgIpc) is 2.80. The fourth-order valence-corrected chi connectivity index (χ4v) is 3.60. The molecule has 2 unspecified atom stereocenters. The van der Waals surface area contributed by atoms with E-state index < -0.39 is 0 Å². The molecular weight excluding hydrogens is 329 g/mol. The normalized spacial score (nSPS) is 22.2. The van der Waals surface area contributed by atoms with Gasteiger partial charge >= 0.3 is 0 Å². The Morgan fingerprint density at radius 1 is 1.44 bits per heavy atom. The van der Waals surface area contributed by atoms with Crippen molar-refractivity contribution < 1.29 is 0 Å². The van der Waals surface area contributed by atoms with Crippen LogP contribution in [0.5, 0.6) is 0 Å². The van der Waals surface area contributed by atoms with Crippen LogP contribution in [0.25, 0.3) is 0 Å². The van der Waals surface area contributed by atoms with E-state index in [-0.39, 0.29) is 0 Å². The molecule has 88 valence electrons. The van der Waals surface area contributed by atoms with Gasteiger partial charge in [-0.1, -0.05) is 12.1 Å². The summed E-state index contributed by atoms with van der Waals surface area (Å²) in [7, 11) is 0. The first kappa shape index (κ1) is 12.7. The van der Waals surface area contributed by atoms with Crippen LogP contribution in [0.3, 0.4) is 0 Å². The predicted molar refractivity (Wildman–Crippen MR) is 81.0 cm³/mol. The molecular formula is C13H18INS. The number of nitrogens with one attached hydrogen (secondary N) is 1. The molecule has 1 fully saturated rings. The third-order valence-corrected chi connectivity index (χ3v) is 5.06. The zero-order valence-corrected chi connectivity index (χ0v) is 12.6. The fourth-order valence-electron chi connectivity index (χ4n) is 1.96. The van der Waals surface area contributed by atoms with Gasteiger partial charge in [-0.15, -0.1) is 0 Å². The molecule has 2 rings (SSSR count). The molecule has 16 heavy (non-hydrogen) atoms. The monoisotopic (exact) mass is 347 g/mol. The first-order chi connectivity index (χ1) is 7.75. The van der Waals surface area contributed by atoms with Crippen LogP contribution >= 0.6 is 34.4 Å². The molecule has 1 aliphatic heterocycles. The van der Waals surface area contributed by atoms with Gasteiger partial charge < -0.3 is 5.32 Å². The van der Waals surface area contributed by atoms with E-state index in [9.17, 15) is 0 Å². The quantitative estimate of drug-likeness (QED) is 0.834. The van der Waals surface area contributed by atoms with Crippen LogP contribution in [0.4, 0.5) is 0 Å². The SMILES string of the molecule is CC(NCC1CCSC1)c1ccc(I)cc1. The van der Waals surface area contributed by atoms with Crippen LogP contribution in [0, 0.1) is 9.49 Å². The maximum Gasteiger partial charge on any atom is 0.0291 e. The molecule has 3 heteroatoms. The Bertz CT molecular complexity index is 319. The van der Waals surface area contributed by atoms with Crippen molar-refractivity contribution in [3.05, 3.63) is 33.4 Å². The number of thioether (sulfide) groups is 1. The molecule has 1 heterocycles. The summed E-state index contributed by atoms with van der Waals surface area (Å²) in [5.74, 6) is 3.58. The van der Waals surface area contributed by atoms with Crippen LogP contribution in [0.2, 0.25) is 0 Å². The summed E-state index contributed by atoms with van der Waals surface area (Å²) in [6.45, 7) is 3.42. The molecule has 1 saturated heterocycles. The van der Waals surface area contributed by atoms with E-state index >= 15 is 0 Å². The lowest BCUT2D eigenvalue weighted by Gasteiger charge is -2.17. The lowest BCUT2D eigenvalue weighted by molar-refractivity contribution is 0.477. The smallest absolute Gasteiger partial charge is 0.0291 e. The first-order valence-corrected chi connectivity index (χ1v) is 8.05. The standard InChI is InChI=1S/C13H18INS/c1-10(12-2-4-13(14)5-3-12)15-8-11-6-7-16-9-11/h2-5,10-11,15H,6-9H2,1H3. The van der Waals surface area contributed by atoms with E-state index in [0.717, 1.165) is 5.92 Å². The van der Waals surface area contributed by atoms with Crippen LogP contribution in [-0.2, 0) is 0 Å². The fraction of sp³-hybridized carbons (Fsp3) is 0.538. The zero-order valence-electron chi connectivity index (χ0n) is 9.58. The number of hydrogen-bond acceptors (Lipinski definition) is 2. The van der Waals surface area contributed by atoms with Crippen molar-refractivity contribution in [2.24, 2.45) is 5.92 Å². The van der Waals surface area contributed by atoms with Crippen molar-refractivity contribution in [1.82, 2.24) is 5.32 Å². The molecule has 1 aliphatic rings. The molecule has 0 bridgehead atoms. The molecule has 1 aromatic carbocycles. The molecule has 0 aliphatic carbocycles. The van der Waals surface area contributed by atoms with Crippen molar-refractivity contribution in [2.75, 3.05) is 18.1 Å². The third kappa shape index (κ3) is 3.64. The molecule has 0 radical (unpaired) electrons. The summed E-state index contributed by atoms with van der Waals surface area (Å²) >= 11 is 4.44. The van der Waals surface area contributed by atoms with Crippen molar-refractivity contribution >= 4 is 34.4 Å². The van der Waals surface area contributed by atoms with E-state index in [4.69, 9.17) is 0 Å². The Morgan fingerprint density at radius 3 is 2.81 bits per heavy atom. The highest BCUT2D eigenvalue weighted by molar-refractivity contribution is 14.1. The number of benzene rings is 1. The van der Waals surface area contributed by atoms with E-state index in [2.05, 4.69) is 70.9 Å². The average molecular weight is 347 g/mol. The van der Waals surface area contributed by atoms with Crippen LogP contribution < -0.4 is 5.32 Å². The minimum absolute atomic E-state index is 0.475. The molecule has 0 saturated carbocycles. The van der Waals surface area contributed by atoms with Gasteiger partial charge in [0, 0.05) is 9.61 Å². The van der Waals surface area contributed by atoms with Crippen molar-refractivity contribution in [1.29, 1.82) is 0 Å². The highest BCUT2D eigenvalue weighted by Gasteiger charge is 2.16. The first-order valence-electron chi connectivity index (χ1n) is 5.82. The Kier molecular flexibility index (Phi) is 4.97. The Labute approximate surface area is 116 Å². The van der Waals surface area contributed by atoms with Crippen LogP contribution in [0.1, 0.15) is 24.9 Å². The van der Waals surface area contributed by atoms with Gasteiger partial charge in [-0.05, 0) is 77.6 Å². The third-order valence-electron chi connectivity index (χ3n) is 3.11. The van der Waals surface area contributed by atoms with Crippen molar-refractivity contribution in [3.8, 4) is 0 Å². The van der Waals surface area contributed by atoms with Gasteiger partial charge in [-0.3, -0.25) is 0 Å². The van der Waals surface area contributed by atoms with Gasteiger partial charge in [0.05, 0.1) is 0 Å². The maximum absolute atomic E-state index is 3.64. The van der Waals surface area contributed by atoms with E-state index in [0.29, 0.717) is 6.04 Å². The van der Waals surface area contributed by atoms with E-state index in [1.165, 1.54) is 33.6 Å². The molecule has 0 spiro atoms. The highest BCUT2D eigenvalue weighted by atomic mass is 127. The topological polar surface area (TPSA) is 12.0 Å². The van der Waals surface area contributed by atoms with Crippen LogP contribution in [-0.4, -0.2) is 18.1 Å². The highest BCUT2D eigenvalue weighted by Crippen LogP contribution is 2.23. The summed E-state index contributed by atoms with van der Waals surface area (Å²) in [4.78, 5) is 0. The zero-order chi connectivity index (χ0) is 11.4. The molecule has 2 atom stereocenters. The summed E-state index contributed by atoms with van der Waals surface area (Å²) in [5.41, 5.74) is 1.39.